The Labute approximate surface area is 77.1 Å². The maximum absolute atomic E-state index is 3.19. The van der Waals surface area contributed by atoms with Gasteiger partial charge in [0.05, 0.1) is 0 Å². The summed E-state index contributed by atoms with van der Waals surface area (Å²) in [5, 5.41) is 0. The smallest absolute Gasteiger partial charge is 0.0217 e. The van der Waals surface area contributed by atoms with Crippen molar-refractivity contribution in [3.05, 3.63) is 0 Å². The van der Waals surface area contributed by atoms with Gasteiger partial charge >= 0.3 is 0 Å². The largest absolute Gasteiger partial charge is 0.303 e. The van der Waals surface area contributed by atoms with Crippen LogP contribution in [-0.4, -0.2) is 24.5 Å². The molecule has 0 atom stereocenters. The standard InChI is InChI=1S/C11H21N/c1-5-12(6-2)10-8-7-9-11(3)4/h11H,5-6,8,10H2,1-4H3. The molecule has 0 radical (unpaired) electrons. The third kappa shape index (κ3) is 6.24. The molecule has 0 saturated heterocycles. The second-order valence-corrected chi connectivity index (χ2v) is 3.25. The molecule has 0 rings (SSSR count). The summed E-state index contributed by atoms with van der Waals surface area (Å²) >= 11 is 0. The molecule has 0 aliphatic rings. The van der Waals surface area contributed by atoms with Gasteiger partial charge in [-0.05, 0) is 13.1 Å². The molecule has 0 aromatic rings. The average Bonchev–Trinajstić information content (AvgIpc) is 2.04. The fourth-order valence-electron chi connectivity index (χ4n) is 1.03. The minimum Gasteiger partial charge on any atom is -0.303 e. The van der Waals surface area contributed by atoms with Gasteiger partial charge in [0.1, 0.15) is 0 Å². The summed E-state index contributed by atoms with van der Waals surface area (Å²) in [5.41, 5.74) is 0. The Balaban J connectivity index is 3.49. The third-order valence-corrected chi connectivity index (χ3v) is 1.84. The zero-order valence-electron chi connectivity index (χ0n) is 8.85. The van der Waals surface area contributed by atoms with Gasteiger partial charge in [-0.25, -0.2) is 0 Å². The Morgan fingerprint density at radius 1 is 1.17 bits per heavy atom. The van der Waals surface area contributed by atoms with Gasteiger partial charge in [-0.1, -0.05) is 27.7 Å². The van der Waals surface area contributed by atoms with Gasteiger partial charge in [0, 0.05) is 18.9 Å². The lowest BCUT2D eigenvalue weighted by Gasteiger charge is -2.15. The summed E-state index contributed by atoms with van der Waals surface area (Å²) in [6.07, 6.45) is 1.01. The summed E-state index contributed by atoms with van der Waals surface area (Å²) in [5.74, 6) is 6.88. The van der Waals surface area contributed by atoms with Crippen LogP contribution >= 0.6 is 0 Å². The predicted octanol–water partition coefficient (Wildman–Crippen LogP) is 2.38. The topological polar surface area (TPSA) is 3.24 Å². The van der Waals surface area contributed by atoms with Crippen LogP contribution in [0.2, 0.25) is 0 Å². The van der Waals surface area contributed by atoms with Crippen LogP contribution in [0.1, 0.15) is 34.1 Å². The molecule has 0 fully saturated rings. The lowest BCUT2D eigenvalue weighted by Crippen LogP contribution is -2.23. The van der Waals surface area contributed by atoms with E-state index >= 15 is 0 Å². The van der Waals surface area contributed by atoms with Crippen molar-refractivity contribution in [1.82, 2.24) is 4.90 Å². The summed E-state index contributed by atoms with van der Waals surface area (Å²) in [4.78, 5) is 2.40. The fraction of sp³-hybridized carbons (Fsp3) is 0.818. The van der Waals surface area contributed by atoms with E-state index in [4.69, 9.17) is 0 Å². The molecule has 0 bridgehead atoms. The first-order valence-electron chi connectivity index (χ1n) is 4.91. The molecule has 0 saturated carbocycles. The van der Waals surface area contributed by atoms with E-state index in [2.05, 4.69) is 44.4 Å². The Hall–Kier alpha value is -0.480. The molecule has 1 heteroatoms. The van der Waals surface area contributed by atoms with Crippen molar-refractivity contribution >= 4 is 0 Å². The molecule has 0 N–H and O–H groups in total. The molecule has 0 aromatic heterocycles. The van der Waals surface area contributed by atoms with E-state index in [1.54, 1.807) is 0 Å². The van der Waals surface area contributed by atoms with Crippen LogP contribution in [0.5, 0.6) is 0 Å². The highest BCUT2D eigenvalue weighted by atomic mass is 15.1. The Morgan fingerprint density at radius 2 is 1.75 bits per heavy atom. The van der Waals surface area contributed by atoms with Crippen molar-refractivity contribution in [3.8, 4) is 11.8 Å². The molecule has 70 valence electrons. The molecule has 12 heavy (non-hydrogen) atoms. The molecule has 0 heterocycles. The van der Waals surface area contributed by atoms with Gasteiger partial charge in [-0.2, -0.15) is 0 Å². The van der Waals surface area contributed by atoms with Gasteiger partial charge in [-0.3, -0.25) is 0 Å². The second kappa shape index (κ2) is 7.18. The molecule has 1 nitrogen and oxygen atoms in total. The minimum atomic E-state index is 0.515. The van der Waals surface area contributed by atoms with Gasteiger partial charge < -0.3 is 4.90 Å². The highest BCUT2D eigenvalue weighted by Gasteiger charge is 1.94. The number of rotatable bonds is 4. The summed E-state index contributed by atoms with van der Waals surface area (Å²) in [6.45, 7) is 12.0. The predicted molar refractivity (Wildman–Crippen MR) is 55.0 cm³/mol. The van der Waals surface area contributed by atoms with Gasteiger partial charge in [0.15, 0.2) is 0 Å². The number of nitrogens with zero attached hydrogens (tertiary/aromatic N) is 1. The number of hydrogen-bond donors (Lipinski definition) is 0. The maximum Gasteiger partial charge on any atom is 0.0217 e. The van der Waals surface area contributed by atoms with Crippen LogP contribution in [-0.2, 0) is 0 Å². The van der Waals surface area contributed by atoms with E-state index in [-0.39, 0.29) is 0 Å². The SMILES string of the molecule is CCN(CC)CCC#CC(C)C. The normalized spacial score (nSPS) is 10.2. The van der Waals surface area contributed by atoms with Crippen LogP contribution in [0.3, 0.4) is 0 Å². The van der Waals surface area contributed by atoms with Crippen molar-refractivity contribution in [2.45, 2.75) is 34.1 Å². The highest BCUT2D eigenvalue weighted by Crippen LogP contribution is 1.91. The van der Waals surface area contributed by atoms with E-state index < -0.39 is 0 Å². The van der Waals surface area contributed by atoms with Crippen molar-refractivity contribution in [1.29, 1.82) is 0 Å². The van der Waals surface area contributed by atoms with Crippen LogP contribution in [0.4, 0.5) is 0 Å². The lowest BCUT2D eigenvalue weighted by molar-refractivity contribution is 0.311. The second-order valence-electron chi connectivity index (χ2n) is 3.25. The summed E-state index contributed by atoms with van der Waals surface area (Å²) in [7, 11) is 0. The molecule has 0 unspecified atom stereocenters. The summed E-state index contributed by atoms with van der Waals surface area (Å²) in [6, 6.07) is 0. The quantitative estimate of drug-likeness (QED) is 0.581. The van der Waals surface area contributed by atoms with E-state index in [0.29, 0.717) is 5.92 Å². The van der Waals surface area contributed by atoms with Crippen molar-refractivity contribution in [3.63, 3.8) is 0 Å². The zero-order chi connectivity index (χ0) is 9.40. The van der Waals surface area contributed by atoms with E-state index in [9.17, 15) is 0 Å². The molecular formula is C11H21N. The monoisotopic (exact) mass is 167 g/mol. The molecule has 0 spiro atoms. The minimum absolute atomic E-state index is 0.515. The van der Waals surface area contributed by atoms with Crippen LogP contribution in [0.15, 0.2) is 0 Å². The highest BCUT2D eigenvalue weighted by molar-refractivity contribution is 5.01. The Bertz CT molecular complexity index is 146. The lowest BCUT2D eigenvalue weighted by atomic mass is 10.2. The first-order valence-corrected chi connectivity index (χ1v) is 4.91. The van der Waals surface area contributed by atoms with Gasteiger partial charge in [-0.15, -0.1) is 11.8 Å². The van der Waals surface area contributed by atoms with E-state index in [1.165, 1.54) is 0 Å². The average molecular weight is 167 g/mol. The maximum atomic E-state index is 3.19. The van der Waals surface area contributed by atoms with Crippen LogP contribution in [0, 0.1) is 17.8 Å². The van der Waals surface area contributed by atoms with Crippen molar-refractivity contribution < 1.29 is 0 Å². The van der Waals surface area contributed by atoms with E-state index in [1.807, 2.05) is 0 Å². The van der Waals surface area contributed by atoms with E-state index in [0.717, 1.165) is 26.1 Å². The molecule has 0 aromatic carbocycles. The first-order chi connectivity index (χ1) is 5.70. The first kappa shape index (κ1) is 11.5. The Kier molecular flexibility index (Phi) is 6.90. The van der Waals surface area contributed by atoms with Crippen LogP contribution in [0.25, 0.3) is 0 Å². The molecule has 0 aliphatic heterocycles. The van der Waals surface area contributed by atoms with Crippen LogP contribution < -0.4 is 0 Å². The fourth-order valence-corrected chi connectivity index (χ4v) is 1.03. The van der Waals surface area contributed by atoms with Crippen molar-refractivity contribution in [2.75, 3.05) is 19.6 Å². The van der Waals surface area contributed by atoms with Gasteiger partial charge in [0.25, 0.3) is 0 Å². The zero-order valence-corrected chi connectivity index (χ0v) is 8.85. The van der Waals surface area contributed by atoms with Crippen molar-refractivity contribution in [2.24, 2.45) is 5.92 Å². The number of hydrogen-bond acceptors (Lipinski definition) is 1. The van der Waals surface area contributed by atoms with Gasteiger partial charge in [0.2, 0.25) is 0 Å². The molecular weight excluding hydrogens is 146 g/mol. The summed E-state index contributed by atoms with van der Waals surface area (Å²) < 4.78 is 0. The molecule has 0 amide bonds. The third-order valence-electron chi connectivity index (χ3n) is 1.84. The molecule has 0 aliphatic carbocycles. The Morgan fingerprint density at radius 3 is 2.17 bits per heavy atom.